The fourth-order valence-corrected chi connectivity index (χ4v) is 3.29. The van der Waals surface area contributed by atoms with Crippen molar-refractivity contribution in [2.75, 3.05) is 25.4 Å². The van der Waals surface area contributed by atoms with Crippen LogP contribution >= 0.6 is 0 Å². The molecule has 20 heavy (non-hydrogen) atoms. The zero-order valence-corrected chi connectivity index (χ0v) is 12.5. The highest BCUT2D eigenvalue weighted by Crippen LogP contribution is 2.08. The molecule has 0 atom stereocenters. The Bertz CT molecular complexity index is 538. The van der Waals surface area contributed by atoms with Crippen LogP contribution in [0.25, 0.3) is 0 Å². The van der Waals surface area contributed by atoms with Crippen LogP contribution in [-0.2, 0) is 16.4 Å². The predicted molar refractivity (Wildman–Crippen MR) is 82.1 cm³/mol. The number of hydrogen-bond donors (Lipinski definition) is 2. The molecule has 1 aromatic rings. The Balaban J connectivity index is 1.72. The standard InChI is InChI=1S/C15H22N2O2S/c18-20(19,13-9-14-4-2-1-3-5-14)17-12-8-15-6-10-16-11-7-15/h1-6,16-17H,7-13H2. The van der Waals surface area contributed by atoms with Gasteiger partial charge in [0.15, 0.2) is 0 Å². The third kappa shape index (κ3) is 5.45. The van der Waals surface area contributed by atoms with Gasteiger partial charge in [0.05, 0.1) is 5.75 Å². The second-order valence-electron chi connectivity index (χ2n) is 5.02. The first-order valence-corrected chi connectivity index (χ1v) is 8.71. The van der Waals surface area contributed by atoms with Crippen LogP contribution in [0.2, 0.25) is 0 Å². The van der Waals surface area contributed by atoms with Gasteiger partial charge in [-0.2, -0.15) is 0 Å². The van der Waals surface area contributed by atoms with Crippen molar-refractivity contribution in [3.05, 3.63) is 47.5 Å². The fraction of sp³-hybridized carbons (Fsp3) is 0.467. The van der Waals surface area contributed by atoms with E-state index in [2.05, 4.69) is 16.1 Å². The zero-order chi connectivity index (χ0) is 14.3. The summed E-state index contributed by atoms with van der Waals surface area (Å²) in [4.78, 5) is 0. The van der Waals surface area contributed by atoms with Crippen LogP contribution in [0.4, 0.5) is 0 Å². The molecule has 0 saturated heterocycles. The van der Waals surface area contributed by atoms with Gasteiger partial charge in [-0.1, -0.05) is 42.0 Å². The molecule has 0 fully saturated rings. The molecule has 0 radical (unpaired) electrons. The lowest BCUT2D eigenvalue weighted by atomic mass is 10.1. The van der Waals surface area contributed by atoms with Crippen LogP contribution in [0.15, 0.2) is 42.0 Å². The van der Waals surface area contributed by atoms with E-state index in [1.54, 1.807) is 0 Å². The Labute approximate surface area is 121 Å². The third-order valence-electron chi connectivity index (χ3n) is 3.43. The van der Waals surface area contributed by atoms with Gasteiger partial charge in [0.2, 0.25) is 10.0 Å². The molecule has 0 saturated carbocycles. The molecule has 2 rings (SSSR count). The summed E-state index contributed by atoms with van der Waals surface area (Å²) >= 11 is 0. The van der Waals surface area contributed by atoms with E-state index in [0.717, 1.165) is 31.5 Å². The van der Waals surface area contributed by atoms with Gasteiger partial charge in [-0.05, 0) is 31.4 Å². The number of aryl methyl sites for hydroxylation is 1. The minimum Gasteiger partial charge on any atom is -0.313 e. The number of nitrogens with one attached hydrogen (secondary N) is 2. The topological polar surface area (TPSA) is 58.2 Å². The number of rotatable bonds is 7. The molecule has 4 nitrogen and oxygen atoms in total. The predicted octanol–water partition coefficient (Wildman–Crippen LogP) is 1.46. The van der Waals surface area contributed by atoms with Gasteiger partial charge in [-0.3, -0.25) is 0 Å². The molecule has 2 N–H and O–H groups in total. The maximum Gasteiger partial charge on any atom is 0.211 e. The van der Waals surface area contributed by atoms with Crippen LogP contribution in [0.3, 0.4) is 0 Å². The van der Waals surface area contributed by atoms with E-state index < -0.39 is 10.0 Å². The number of benzene rings is 1. The molecular weight excluding hydrogens is 272 g/mol. The summed E-state index contributed by atoms with van der Waals surface area (Å²) < 4.78 is 26.5. The van der Waals surface area contributed by atoms with Crippen LogP contribution in [0.1, 0.15) is 18.4 Å². The average molecular weight is 294 g/mol. The molecule has 110 valence electrons. The highest BCUT2D eigenvalue weighted by atomic mass is 32.2. The molecular formula is C15H22N2O2S. The second-order valence-corrected chi connectivity index (χ2v) is 6.94. The molecule has 0 unspecified atom stereocenters. The van der Waals surface area contributed by atoms with Gasteiger partial charge in [0, 0.05) is 13.1 Å². The summed E-state index contributed by atoms with van der Waals surface area (Å²) in [5.41, 5.74) is 2.40. The third-order valence-corrected chi connectivity index (χ3v) is 4.81. The summed E-state index contributed by atoms with van der Waals surface area (Å²) in [5, 5.41) is 3.24. The van der Waals surface area contributed by atoms with Crippen molar-refractivity contribution in [2.24, 2.45) is 0 Å². The second kappa shape index (κ2) is 7.57. The van der Waals surface area contributed by atoms with Crippen LogP contribution in [0.5, 0.6) is 0 Å². The summed E-state index contributed by atoms with van der Waals surface area (Å²) in [6, 6.07) is 9.70. The SMILES string of the molecule is O=S(=O)(CCc1ccccc1)NCCC1=CCNCC1. The Morgan fingerprint density at radius 2 is 1.95 bits per heavy atom. The normalized spacial score (nSPS) is 15.9. The summed E-state index contributed by atoms with van der Waals surface area (Å²) in [7, 11) is -3.17. The quantitative estimate of drug-likeness (QED) is 0.749. The maximum absolute atomic E-state index is 11.9. The Kier molecular flexibility index (Phi) is 5.76. The first kappa shape index (κ1) is 15.2. The minimum absolute atomic E-state index is 0.150. The molecule has 0 aliphatic carbocycles. The van der Waals surface area contributed by atoms with Gasteiger partial charge in [0.25, 0.3) is 0 Å². The van der Waals surface area contributed by atoms with Crippen molar-refractivity contribution in [3.63, 3.8) is 0 Å². The van der Waals surface area contributed by atoms with Gasteiger partial charge in [-0.15, -0.1) is 0 Å². The average Bonchev–Trinajstić information content (AvgIpc) is 2.47. The van der Waals surface area contributed by atoms with Gasteiger partial charge >= 0.3 is 0 Å². The smallest absolute Gasteiger partial charge is 0.211 e. The molecule has 1 aromatic carbocycles. The summed E-state index contributed by atoms with van der Waals surface area (Å²) in [6.07, 6.45) is 4.54. The Morgan fingerprint density at radius 3 is 2.65 bits per heavy atom. The summed E-state index contributed by atoms with van der Waals surface area (Å²) in [6.45, 7) is 2.39. The first-order valence-electron chi connectivity index (χ1n) is 7.06. The van der Waals surface area contributed by atoms with Crippen molar-refractivity contribution in [3.8, 4) is 0 Å². The molecule has 0 amide bonds. The van der Waals surface area contributed by atoms with Crippen molar-refractivity contribution in [2.45, 2.75) is 19.3 Å². The van der Waals surface area contributed by atoms with E-state index in [9.17, 15) is 8.42 Å². The highest BCUT2D eigenvalue weighted by molar-refractivity contribution is 7.89. The van der Waals surface area contributed by atoms with Crippen LogP contribution in [-0.4, -0.2) is 33.8 Å². The monoisotopic (exact) mass is 294 g/mol. The number of hydrogen-bond acceptors (Lipinski definition) is 3. The molecule has 1 aliphatic heterocycles. The lowest BCUT2D eigenvalue weighted by Gasteiger charge is -2.14. The van der Waals surface area contributed by atoms with Crippen molar-refractivity contribution >= 4 is 10.0 Å². The van der Waals surface area contributed by atoms with E-state index in [0.29, 0.717) is 13.0 Å². The van der Waals surface area contributed by atoms with E-state index in [1.165, 1.54) is 5.57 Å². The van der Waals surface area contributed by atoms with Crippen LogP contribution in [0, 0.1) is 0 Å². The first-order chi connectivity index (χ1) is 9.66. The van der Waals surface area contributed by atoms with Gasteiger partial charge < -0.3 is 5.32 Å². The highest BCUT2D eigenvalue weighted by Gasteiger charge is 2.10. The summed E-state index contributed by atoms with van der Waals surface area (Å²) in [5.74, 6) is 0.150. The minimum atomic E-state index is -3.17. The molecule has 1 aliphatic rings. The van der Waals surface area contributed by atoms with Gasteiger partial charge in [0.1, 0.15) is 0 Å². The number of sulfonamides is 1. The molecule has 5 heteroatoms. The maximum atomic E-state index is 11.9. The Hall–Kier alpha value is -1.17. The van der Waals surface area contributed by atoms with E-state index in [4.69, 9.17) is 0 Å². The van der Waals surface area contributed by atoms with Crippen molar-refractivity contribution in [1.29, 1.82) is 0 Å². The molecule has 0 bridgehead atoms. The largest absolute Gasteiger partial charge is 0.313 e. The van der Waals surface area contributed by atoms with E-state index in [1.807, 2.05) is 30.3 Å². The van der Waals surface area contributed by atoms with E-state index in [-0.39, 0.29) is 5.75 Å². The molecule has 0 aromatic heterocycles. The lowest BCUT2D eigenvalue weighted by Crippen LogP contribution is -2.29. The van der Waals surface area contributed by atoms with Crippen molar-refractivity contribution < 1.29 is 8.42 Å². The van der Waals surface area contributed by atoms with E-state index >= 15 is 0 Å². The fourth-order valence-electron chi connectivity index (χ4n) is 2.23. The van der Waals surface area contributed by atoms with Gasteiger partial charge in [-0.25, -0.2) is 13.1 Å². The van der Waals surface area contributed by atoms with Crippen molar-refractivity contribution in [1.82, 2.24) is 10.0 Å². The molecule has 0 spiro atoms. The molecule has 1 heterocycles. The lowest BCUT2D eigenvalue weighted by molar-refractivity contribution is 0.579. The Morgan fingerprint density at radius 1 is 1.15 bits per heavy atom. The zero-order valence-electron chi connectivity index (χ0n) is 11.6. The van der Waals surface area contributed by atoms with Crippen LogP contribution < -0.4 is 10.0 Å².